The largest absolute Gasteiger partial charge is 0.395 e. The highest BCUT2D eigenvalue weighted by atomic mass is 16.3. The maximum atomic E-state index is 12.0. The quantitative estimate of drug-likeness (QED) is 0.671. The van der Waals surface area contributed by atoms with Crippen LogP contribution in [0, 0.1) is 5.92 Å². The Labute approximate surface area is 103 Å². The van der Waals surface area contributed by atoms with Crippen LogP contribution in [0.25, 0.3) is 0 Å². The molecular formula is C12H23N3O2. The molecule has 2 rings (SSSR count). The number of hydrogen-bond donors (Lipinski definition) is 2. The first-order valence-corrected chi connectivity index (χ1v) is 6.61. The topological polar surface area (TPSA) is 55.8 Å². The summed E-state index contributed by atoms with van der Waals surface area (Å²) in [7, 11) is 0. The van der Waals surface area contributed by atoms with E-state index in [2.05, 4.69) is 10.2 Å². The highest BCUT2D eigenvalue weighted by Crippen LogP contribution is 2.12. The molecule has 5 nitrogen and oxygen atoms in total. The number of carbonyl (C=O) groups excluding carboxylic acids is 1. The molecule has 0 atom stereocenters. The van der Waals surface area contributed by atoms with Gasteiger partial charge < -0.3 is 15.3 Å². The number of carbonyl (C=O) groups is 1. The Morgan fingerprint density at radius 3 is 2.71 bits per heavy atom. The maximum Gasteiger partial charge on any atom is 0.222 e. The van der Waals surface area contributed by atoms with E-state index in [1.165, 1.54) is 0 Å². The first-order valence-electron chi connectivity index (χ1n) is 6.61. The van der Waals surface area contributed by atoms with Crippen molar-refractivity contribution in [3.05, 3.63) is 0 Å². The van der Waals surface area contributed by atoms with E-state index in [-0.39, 0.29) is 6.61 Å². The average Bonchev–Trinajstić information content (AvgIpc) is 2.49. The van der Waals surface area contributed by atoms with E-state index in [1.807, 2.05) is 4.90 Å². The van der Waals surface area contributed by atoms with E-state index in [9.17, 15) is 4.79 Å². The molecule has 2 N–H and O–H groups in total. The van der Waals surface area contributed by atoms with E-state index in [0.717, 1.165) is 52.2 Å². The molecule has 0 bridgehead atoms. The van der Waals surface area contributed by atoms with Crippen molar-refractivity contribution in [1.82, 2.24) is 15.1 Å². The standard InChI is InChI=1S/C12H23N3O2/c16-7-6-14-2-1-3-15(5-4-14)12(17)8-11-9-13-10-11/h11,13,16H,1-10H2. The molecule has 0 aromatic carbocycles. The number of nitrogens with one attached hydrogen (secondary N) is 1. The molecule has 0 spiro atoms. The van der Waals surface area contributed by atoms with Crippen LogP contribution in [-0.4, -0.2) is 73.2 Å². The lowest BCUT2D eigenvalue weighted by Crippen LogP contribution is -2.45. The van der Waals surface area contributed by atoms with Gasteiger partial charge in [-0.05, 0) is 32.0 Å². The Morgan fingerprint density at radius 2 is 2.06 bits per heavy atom. The summed E-state index contributed by atoms with van der Waals surface area (Å²) in [4.78, 5) is 16.3. The molecule has 2 fully saturated rings. The van der Waals surface area contributed by atoms with Gasteiger partial charge in [-0.3, -0.25) is 9.69 Å². The maximum absolute atomic E-state index is 12.0. The third-order valence-electron chi connectivity index (χ3n) is 3.69. The van der Waals surface area contributed by atoms with Gasteiger partial charge in [0.1, 0.15) is 0 Å². The number of amides is 1. The lowest BCUT2D eigenvalue weighted by molar-refractivity contribution is -0.132. The molecule has 2 heterocycles. The molecule has 0 unspecified atom stereocenters. The minimum atomic E-state index is 0.210. The van der Waals surface area contributed by atoms with Gasteiger partial charge in [0.25, 0.3) is 0 Å². The van der Waals surface area contributed by atoms with E-state index in [4.69, 9.17) is 5.11 Å². The molecule has 98 valence electrons. The Bertz CT molecular complexity index is 256. The summed E-state index contributed by atoms with van der Waals surface area (Å²) < 4.78 is 0. The molecular weight excluding hydrogens is 218 g/mol. The number of hydrogen-bond acceptors (Lipinski definition) is 4. The fourth-order valence-corrected chi connectivity index (χ4v) is 2.45. The molecule has 0 aromatic rings. The van der Waals surface area contributed by atoms with Crippen LogP contribution in [0.3, 0.4) is 0 Å². The summed E-state index contributed by atoms with van der Waals surface area (Å²) in [6, 6.07) is 0. The minimum absolute atomic E-state index is 0.210. The minimum Gasteiger partial charge on any atom is -0.395 e. The predicted octanol–water partition coefficient (Wildman–Crippen LogP) is -0.877. The van der Waals surface area contributed by atoms with Crippen molar-refractivity contribution >= 4 is 5.91 Å². The fraction of sp³-hybridized carbons (Fsp3) is 0.917. The van der Waals surface area contributed by atoms with Gasteiger partial charge >= 0.3 is 0 Å². The van der Waals surface area contributed by atoms with Crippen LogP contribution in [0.2, 0.25) is 0 Å². The number of β-amino-alcohol motifs (C(OH)–C–C–N with tert-alkyl or cyclic N) is 1. The molecule has 0 aromatic heterocycles. The molecule has 2 aliphatic rings. The van der Waals surface area contributed by atoms with Crippen molar-refractivity contribution in [1.29, 1.82) is 0 Å². The van der Waals surface area contributed by atoms with Crippen LogP contribution >= 0.6 is 0 Å². The molecule has 0 saturated carbocycles. The smallest absolute Gasteiger partial charge is 0.222 e. The van der Waals surface area contributed by atoms with Crippen molar-refractivity contribution in [3.63, 3.8) is 0 Å². The van der Waals surface area contributed by atoms with E-state index >= 15 is 0 Å². The van der Waals surface area contributed by atoms with Crippen molar-refractivity contribution in [2.24, 2.45) is 5.92 Å². The first kappa shape index (κ1) is 12.8. The Balaban J connectivity index is 1.74. The van der Waals surface area contributed by atoms with Crippen molar-refractivity contribution in [2.75, 3.05) is 52.4 Å². The summed E-state index contributed by atoms with van der Waals surface area (Å²) in [5, 5.41) is 12.1. The SMILES string of the molecule is O=C(CC1CNC1)N1CCCN(CCO)CC1. The van der Waals surface area contributed by atoms with E-state index < -0.39 is 0 Å². The van der Waals surface area contributed by atoms with Gasteiger partial charge in [0.2, 0.25) is 5.91 Å². The molecule has 0 radical (unpaired) electrons. The van der Waals surface area contributed by atoms with Crippen LogP contribution < -0.4 is 5.32 Å². The molecule has 17 heavy (non-hydrogen) atoms. The highest BCUT2D eigenvalue weighted by Gasteiger charge is 2.24. The summed E-state index contributed by atoms with van der Waals surface area (Å²) in [6.07, 6.45) is 1.72. The lowest BCUT2D eigenvalue weighted by atomic mass is 9.98. The first-order chi connectivity index (χ1) is 8.29. The zero-order valence-electron chi connectivity index (χ0n) is 10.4. The van der Waals surface area contributed by atoms with Gasteiger partial charge in [-0.25, -0.2) is 0 Å². The van der Waals surface area contributed by atoms with Crippen molar-refractivity contribution in [2.45, 2.75) is 12.8 Å². The third kappa shape index (κ3) is 3.66. The van der Waals surface area contributed by atoms with Crippen LogP contribution in [0.15, 0.2) is 0 Å². The molecule has 5 heteroatoms. The Morgan fingerprint density at radius 1 is 1.24 bits per heavy atom. The van der Waals surface area contributed by atoms with Crippen LogP contribution in [-0.2, 0) is 4.79 Å². The Hall–Kier alpha value is -0.650. The van der Waals surface area contributed by atoms with Crippen LogP contribution in [0.5, 0.6) is 0 Å². The number of rotatable bonds is 4. The Kier molecular flexibility index (Phi) is 4.76. The third-order valence-corrected chi connectivity index (χ3v) is 3.69. The number of nitrogens with zero attached hydrogens (tertiary/aromatic N) is 2. The molecule has 2 aliphatic heterocycles. The predicted molar refractivity (Wildman–Crippen MR) is 65.7 cm³/mol. The lowest BCUT2D eigenvalue weighted by Gasteiger charge is -2.29. The zero-order chi connectivity index (χ0) is 12.1. The van der Waals surface area contributed by atoms with Crippen molar-refractivity contribution in [3.8, 4) is 0 Å². The van der Waals surface area contributed by atoms with Gasteiger partial charge in [-0.15, -0.1) is 0 Å². The van der Waals surface area contributed by atoms with E-state index in [0.29, 0.717) is 18.2 Å². The van der Waals surface area contributed by atoms with Crippen molar-refractivity contribution < 1.29 is 9.90 Å². The van der Waals surface area contributed by atoms with Gasteiger partial charge in [0, 0.05) is 32.6 Å². The summed E-state index contributed by atoms with van der Waals surface area (Å²) in [5.74, 6) is 0.863. The molecule has 1 amide bonds. The zero-order valence-corrected chi connectivity index (χ0v) is 10.4. The number of aliphatic hydroxyl groups excluding tert-OH is 1. The van der Waals surface area contributed by atoms with Gasteiger partial charge in [-0.2, -0.15) is 0 Å². The molecule has 0 aliphatic carbocycles. The van der Waals surface area contributed by atoms with Crippen LogP contribution in [0.1, 0.15) is 12.8 Å². The monoisotopic (exact) mass is 241 g/mol. The van der Waals surface area contributed by atoms with Gasteiger partial charge in [0.15, 0.2) is 0 Å². The van der Waals surface area contributed by atoms with Crippen LogP contribution in [0.4, 0.5) is 0 Å². The normalized spacial score (nSPS) is 23.2. The van der Waals surface area contributed by atoms with E-state index in [1.54, 1.807) is 0 Å². The highest BCUT2D eigenvalue weighted by molar-refractivity contribution is 5.76. The second kappa shape index (κ2) is 6.33. The second-order valence-corrected chi connectivity index (χ2v) is 5.03. The van der Waals surface area contributed by atoms with Gasteiger partial charge in [-0.1, -0.05) is 0 Å². The number of aliphatic hydroxyl groups is 1. The fourth-order valence-electron chi connectivity index (χ4n) is 2.45. The summed E-state index contributed by atoms with van der Waals surface area (Å²) in [5.41, 5.74) is 0. The second-order valence-electron chi connectivity index (χ2n) is 5.03. The molecule has 2 saturated heterocycles. The summed E-state index contributed by atoms with van der Waals surface area (Å²) in [6.45, 7) is 6.52. The van der Waals surface area contributed by atoms with Gasteiger partial charge in [0.05, 0.1) is 6.61 Å². The average molecular weight is 241 g/mol. The summed E-state index contributed by atoms with van der Waals surface area (Å²) >= 11 is 0.